The van der Waals surface area contributed by atoms with Gasteiger partial charge in [0, 0.05) is 24.7 Å². The molecule has 1 saturated carbocycles. The number of amides is 3. The van der Waals surface area contributed by atoms with Crippen molar-refractivity contribution in [2.45, 2.75) is 65.5 Å². The fourth-order valence-corrected chi connectivity index (χ4v) is 4.81. The molecule has 6 nitrogen and oxygen atoms in total. The molecule has 6 heteroatoms. The van der Waals surface area contributed by atoms with Crippen LogP contribution in [0.5, 0.6) is 5.75 Å². The first-order valence-electron chi connectivity index (χ1n) is 10.4. The molecule has 2 fully saturated rings. The van der Waals surface area contributed by atoms with Gasteiger partial charge in [0.1, 0.15) is 5.75 Å². The molecule has 0 radical (unpaired) electrons. The van der Waals surface area contributed by atoms with Gasteiger partial charge in [-0.2, -0.15) is 0 Å². The second kappa shape index (κ2) is 8.41. The van der Waals surface area contributed by atoms with Crippen LogP contribution in [0.4, 0.5) is 10.5 Å². The number of benzene rings is 1. The predicted octanol–water partition coefficient (Wildman–Crippen LogP) is 3.70. The first-order chi connectivity index (χ1) is 13.3. The van der Waals surface area contributed by atoms with Crippen molar-refractivity contribution in [1.29, 1.82) is 0 Å². The summed E-state index contributed by atoms with van der Waals surface area (Å²) in [5.41, 5.74) is 1.09. The van der Waals surface area contributed by atoms with E-state index in [9.17, 15) is 9.59 Å². The van der Waals surface area contributed by atoms with Crippen LogP contribution in [0.3, 0.4) is 0 Å². The summed E-state index contributed by atoms with van der Waals surface area (Å²) in [5.74, 6) is 1.43. The van der Waals surface area contributed by atoms with E-state index in [1.54, 1.807) is 4.90 Å². The van der Waals surface area contributed by atoms with Crippen molar-refractivity contribution in [3.05, 3.63) is 24.3 Å². The van der Waals surface area contributed by atoms with Gasteiger partial charge >= 0.3 is 6.03 Å². The highest BCUT2D eigenvalue weighted by Crippen LogP contribution is 2.38. The molecule has 3 atom stereocenters. The number of nitrogens with zero attached hydrogens (tertiary/aromatic N) is 1. The zero-order chi connectivity index (χ0) is 20.3. The Morgan fingerprint density at radius 2 is 1.86 bits per heavy atom. The van der Waals surface area contributed by atoms with E-state index in [2.05, 4.69) is 31.4 Å². The molecule has 0 bridgehead atoms. The lowest BCUT2D eigenvalue weighted by molar-refractivity contribution is -0.117. The Hall–Kier alpha value is -2.24. The van der Waals surface area contributed by atoms with Crippen LogP contribution in [0.25, 0.3) is 0 Å². The Balaban J connectivity index is 1.53. The molecular formula is C22H33N3O3. The first kappa shape index (κ1) is 20.5. The van der Waals surface area contributed by atoms with Crippen LogP contribution < -0.4 is 20.3 Å². The number of anilines is 1. The number of carbonyl (C=O) groups excluding carboxylic acids is 2. The Kier molecular flexibility index (Phi) is 6.16. The van der Waals surface area contributed by atoms with Crippen molar-refractivity contribution in [2.75, 3.05) is 18.1 Å². The molecule has 28 heavy (non-hydrogen) atoms. The van der Waals surface area contributed by atoms with E-state index >= 15 is 0 Å². The quantitative estimate of drug-likeness (QED) is 0.809. The molecule has 2 N–H and O–H groups in total. The van der Waals surface area contributed by atoms with Gasteiger partial charge < -0.3 is 20.3 Å². The number of rotatable bonds is 5. The maximum absolute atomic E-state index is 12.5. The molecule has 1 aliphatic heterocycles. The number of carbonyl (C=O) groups is 2. The van der Waals surface area contributed by atoms with Crippen molar-refractivity contribution >= 4 is 17.6 Å². The van der Waals surface area contributed by atoms with Gasteiger partial charge in [0.25, 0.3) is 0 Å². The highest BCUT2D eigenvalue weighted by Gasteiger charge is 2.34. The molecule has 2 aliphatic rings. The number of hydrogen-bond acceptors (Lipinski definition) is 3. The Morgan fingerprint density at radius 1 is 1.18 bits per heavy atom. The summed E-state index contributed by atoms with van der Waals surface area (Å²) in [6.45, 7) is 9.82. The Labute approximate surface area is 168 Å². The second-order valence-electron chi connectivity index (χ2n) is 9.06. The first-order valence-corrected chi connectivity index (χ1v) is 10.4. The van der Waals surface area contributed by atoms with Gasteiger partial charge in [-0.05, 0) is 61.8 Å². The number of hydrogen-bond donors (Lipinski definition) is 2. The normalized spacial score (nSPS) is 26.8. The molecule has 3 rings (SSSR count). The van der Waals surface area contributed by atoms with E-state index in [0.717, 1.165) is 24.3 Å². The summed E-state index contributed by atoms with van der Waals surface area (Å²) >= 11 is 0. The molecule has 3 amide bonds. The lowest BCUT2D eigenvalue weighted by Crippen LogP contribution is -2.50. The molecule has 1 aromatic carbocycles. The Morgan fingerprint density at radius 3 is 2.50 bits per heavy atom. The minimum atomic E-state index is -0.173. The summed E-state index contributed by atoms with van der Waals surface area (Å²) in [4.78, 5) is 26.6. The van der Waals surface area contributed by atoms with E-state index in [1.807, 2.05) is 31.2 Å². The van der Waals surface area contributed by atoms with Gasteiger partial charge in [-0.25, -0.2) is 4.79 Å². The molecule has 154 valence electrons. The monoisotopic (exact) mass is 387 g/mol. The number of urea groups is 1. The van der Waals surface area contributed by atoms with E-state index in [4.69, 9.17) is 4.74 Å². The smallest absolute Gasteiger partial charge is 0.315 e. The van der Waals surface area contributed by atoms with Crippen molar-refractivity contribution in [1.82, 2.24) is 10.6 Å². The molecular weight excluding hydrogens is 354 g/mol. The summed E-state index contributed by atoms with van der Waals surface area (Å²) in [5, 5.41) is 6.12. The standard InChI is InChI=1S/C22H33N3O3/c1-5-28-19-8-6-18(7-9-19)25-14-17(11-20(25)26)24-21(27)23-16-10-15(2)12-22(3,4)13-16/h6-9,15-17H,5,10-14H2,1-4H3,(H2,23,24,27)/t15-,16+,17-/m0/s1. The molecule has 1 heterocycles. The summed E-state index contributed by atoms with van der Waals surface area (Å²) in [6.07, 6.45) is 3.53. The topological polar surface area (TPSA) is 70.7 Å². The Bertz CT molecular complexity index is 701. The van der Waals surface area contributed by atoms with Crippen molar-refractivity contribution in [3.8, 4) is 5.75 Å². The van der Waals surface area contributed by atoms with Crippen molar-refractivity contribution in [2.24, 2.45) is 11.3 Å². The third-order valence-electron chi connectivity index (χ3n) is 5.64. The molecule has 1 aromatic rings. The maximum Gasteiger partial charge on any atom is 0.315 e. The van der Waals surface area contributed by atoms with E-state index < -0.39 is 0 Å². The largest absolute Gasteiger partial charge is 0.494 e. The lowest BCUT2D eigenvalue weighted by Gasteiger charge is -2.39. The lowest BCUT2D eigenvalue weighted by atomic mass is 9.71. The van der Waals surface area contributed by atoms with Gasteiger partial charge in [0.05, 0.1) is 12.6 Å². The molecule has 1 saturated heterocycles. The minimum absolute atomic E-state index is 0.0295. The van der Waals surface area contributed by atoms with Crippen molar-refractivity contribution in [3.63, 3.8) is 0 Å². The van der Waals surface area contributed by atoms with Crippen LogP contribution in [0.15, 0.2) is 24.3 Å². The molecule has 0 unspecified atom stereocenters. The van der Waals surface area contributed by atoms with Crippen LogP contribution in [0.1, 0.15) is 53.4 Å². The molecule has 1 aliphatic carbocycles. The van der Waals surface area contributed by atoms with Crippen LogP contribution in [0.2, 0.25) is 0 Å². The zero-order valence-corrected chi connectivity index (χ0v) is 17.5. The zero-order valence-electron chi connectivity index (χ0n) is 17.5. The van der Waals surface area contributed by atoms with Crippen LogP contribution in [-0.4, -0.2) is 37.2 Å². The average molecular weight is 388 g/mol. The SMILES string of the molecule is CCOc1ccc(N2C[C@@H](NC(=O)N[C@@H]3C[C@H](C)CC(C)(C)C3)CC2=O)cc1. The van der Waals surface area contributed by atoms with E-state index in [0.29, 0.717) is 25.5 Å². The number of ether oxygens (including phenoxy) is 1. The maximum atomic E-state index is 12.5. The molecule has 0 aromatic heterocycles. The number of nitrogens with one attached hydrogen (secondary N) is 2. The third-order valence-corrected chi connectivity index (χ3v) is 5.64. The minimum Gasteiger partial charge on any atom is -0.494 e. The second-order valence-corrected chi connectivity index (χ2v) is 9.06. The third kappa shape index (κ3) is 5.18. The summed E-state index contributed by atoms with van der Waals surface area (Å²) < 4.78 is 5.45. The van der Waals surface area contributed by atoms with Gasteiger partial charge in [0.2, 0.25) is 5.91 Å². The van der Waals surface area contributed by atoms with Crippen LogP contribution in [-0.2, 0) is 4.79 Å². The van der Waals surface area contributed by atoms with Crippen LogP contribution >= 0.6 is 0 Å². The van der Waals surface area contributed by atoms with Gasteiger partial charge in [-0.1, -0.05) is 20.8 Å². The summed E-state index contributed by atoms with van der Waals surface area (Å²) in [7, 11) is 0. The molecule has 0 spiro atoms. The van der Waals surface area contributed by atoms with Gasteiger partial charge in [-0.15, -0.1) is 0 Å². The average Bonchev–Trinajstić information content (AvgIpc) is 2.94. The highest BCUT2D eigenvalue weighted by atomic mass is 16.5. The van der Waals surface area contributed by atoms with Gasteiger partial charge in [-0.3, -0.25) is 4.79 Å². The fourth-order valence-electron chi connectivity index (χ4n) is 4.81. The highest BCUT2D eigenvalue weighted by molar-refractivity contribution is 5.96. The van der Waals surface area contributed by atoms with E-state index in [1.165, 1.54) is 6.42 Å². The van der Waals surface area contributed by atoms with Gasteiger partial charge in [0.15, 0.2) is 0 Å². The predicted molar refractivity (Wildman–Crippen MR) is 111 cm³/mol. The summed E-state index contributed by atoms with van der Waals surface area (Å²) in [6, 6.07) is 7.36. The van der Waals surface area contributed by atoms with E-state index in [-0.39, 0.29) is 29.4 Å². The van der Waals surface area contributed by atoms with Crippen molar-refractivity contribution < 1.29 is 14.3 Å². The fraction of sp³-hybridized carbons (Fsp3) is 0.636. The van der Waals surface area contributed by atoms with Crippen LogP contribution in [0, 0.1) is 11.3 Å².